The van der Waals surface area contributed by atoms with Gasteiger partial charge in [0.15, 0.2) is 0 Å². The van der Waals surface area contributed by atoms with Gasteiger partial charge in [0.2, 0.25) is 0 Å². The highest BCUT2D eigenvalue weighted by Crippen LogP contribution is 2.29. The van der Waals surface area contributed by atoms with Crippen LogP contribution in [0.5, 0.6) is 0 Å². The summed E-state index contributed by atoms with van der Waals surface area (Å²) in [6.45, 7) is 6.89. The summed E-state index contributed by atoms with van der Waals surface area (Å²) in [5.74, 6) is 0. The quantitative estimate of drug-likeness (QED) is 0.282. The number of rotatable bonds is 15. The number of para-hydroxylation sites is 1. The van der Waals surface area contributed by atoms with Crippen molar-refractivity contribution in [1.29, 1.82) is 0 Å². The van der Waals surface area contributed by atoms with Gasteiger partial charge in [-0.05, 0) is 38.8 Å². The lowest BCUT2D eigenvalue weighted by Gasteiger charge is -2.35. The zero-order valence-electron chi connectivity index (χ0n) is 18.8. The highest BCUT2D eigenvalue weighted by molar-refractivity contribution is 5.51. The van der Waals surface area contributed by atoms with Crippen molar-refractivity contribution in [2.45, 2.75) is 116 Å². The molecule has 1 aromatic rings. The molecule has 0 aromatic heterocycles. The van der Waals surface area contributed by atoms with Gasteiger partial charge in [-0.15, -0.1) is 0 Å². The summed E-state index contributed by atoms with van der Waals surface area (Å²) in [5, 5.41) is 0. The molecule has 1 atom stereocenters. The lowest BCUT2D eigenvalue weighted by Crippen LogP contribution is -2.42. The maximum absolute atomic E-state index is 2.52. The number of nitrogens with zero attached hydrogens (tertiary/aromatic N) is 2. The average molecular weight is 385 g/mol. The van der Waals surface area contributed by atoms with Crippen molar-refractivity contribution in [2.75, 3.05) is 4.90 Å². The summed E-state index contributed by atoms with van der Waals surface area (Å²) in [5.41, 5.74) is 1.31. The molecule has 0 aliphatic carbocycles. The summed E-state index contributed by atoms with van der Waals surface area (Å²) < 4.78 is 0. The molecule has 1 aliphatic heterocycles. The minimum Gasteiger partial charge on any atom is -0.353 e. The van der Waals surface area contributed by atoms with E-state index >= 15 is 0 Å². The van der Waals surface area contributed by atoms with E-state index in [0.717, 1.165) is 0 Å². The highest BCUT2D eigenvalue weighted by Gasteiger charge is 2.28. The maximum atomic E-state index is 2.52. The summed E-state index contributed by atoms with van der Waals surface area (Å²) in [7, 11) is 0. The molecule has 0 bridgehead atoms. The second-order valence-corrected chi connectivity index (χ2v) is 8.74. The van der Waals surface area contributed by atoms with Gasteiger partial charge in [-0.2, -0.15) is 0 Å². The first-order valence-electron chi connectivity index (χ1n) is 12.0. The Morgan fingerprint density at radius 2 is 1.25 bits per heavy atom. The number of benzene rings is 1. The Balaban J connectivity index is 1.60. The van der Waals surface area contributed by atoms with Gasteiger partial charge in [0.05, 0.1) is 0 Å². The molecular weight excluding hydrogens is 340 g/mol. The van der Waals surface area contributed by atoms with Crippen LogP contribution >= 0.6 is 0 Å². The van der Waals surface area contributed by atoms with Crippen molar-refractivity contribution in [3.8, 4) is 0 Å². The van der Waals surface area contributed by atoms with E-state index in [2.05, 4.69) is 73.3 Å². The number of hydrogen-bond donors (Lipinski definition) is 0. The maximum Gasteiger partial charge on any atom is 0.106 e. The molecule has 0 amide bonds. The fraction of sp³-hybridized carbons (Fsp3) is 0.692. The predicted molar refractivity (Wildman–Crippen MR) is 125 cm³/mol. The van der Waals surface area contributed by atoms with Gasteiger partial charge in [-0.1, -0.05) is 95.8 Å². The first-order valence-corrected chi connectivity index (χ1v) is 12.0. The van der Waals surface area contributed by atoms with E-state index in [9.17, 15) is 0 Å². The van der Waals surface area contributed by atoms with Crippen LogP contribution in [-0.4, -0.2) is 17.1 Å². The molecular formula is C26H44N2. The van der Waals surface area contributed by atoms with Gasteiger partial charge >= 0.3 is 0 Å². The third kappa shape index (κ3) is 7.89. The largest absolute Gasteiger partial charge is 0.353 e. The molecule has 1 aliphatic rings. The minimum absolute atomic E-state index is 0.477. The molecule has 1 aromatic carbocycles. The third-order valence-corrected chi connectivity index (χ3v) is 6.03. The van der Waals surface area contributed by atoms with Crippen LogP contribution in [0, 0.1) is 0 Å². The second kappa shape index (κ2) is 13.7. The topological polar surface area (TPSA) is 6.48 Å². The molecule has 0 N–H and O–H groups in total. The smallest absolute Gasteiger partial charge is 0.106 e. The molecule has 2 nitrogen and oxygen atoms in total. The normalized spacial score (nSPS) is 16.5. The van der Waals surface area contributed by atoms with Gasteiger partial charge in [0.1, 0.15) is 6.17 Å². The van der Waals surface area contributed by atoms with Gasteiger partial charge in [0.25, 0.3) is 0 Å². The van der Waals surface area contributed by atoms with Crippen LogP contribution in [0.1, 0.15) is 104 Å². The second-order valence-electron chi connectivity index (χ2n) is 8.74. The summed E-state index contributed by atoms with van der Waals surface area (Å²) >= 11 is 0. The van der Waals surface area contributed by atoms with Crippen LogP contribution in [-0.2, 0) is 0 Å². The van der Waals surface area contributed by atoms with Crippen LogP contribution in [0.4, 0.5) is 5.69 Å². The van der Waals surface area contributed by atoms with Crippen molar-refractivity contribution in [3.05, 3.63) is 42.7 Å². The summed E-state index contributed by atoms with van der Waals surface area (Å²) in [6, 6.07) is 11.4. The van der Waals surface area contributed by atoms with E-state index in [4.69, 9.17) is 0 Å². The summed E-state index contributed by atoms with van der Waals surface area (Å²) in [4.78, 5) is 4.98. The van der Waals surface area contributed by atoms with Crippen molar-refractivity contribution < 1.29 is 0 Å². The monoisotopic (exact) mass is 384 g/mol. The molecule has 2 rings (SSSR count). The predicted octanol–water partition coefficient (Wildman–Crippen LogP) is 8.11. The molecule has 0 fully saturated rings. The average Bonchev–Trinajstić information content (AvgIpc) is 3.13. The first kappa shape index (κ1) is 22.8. The van der Waals surface area contributed by atoms with Crippen LogP contribution in [0.3, 0.4) is 0 Å². The Morgan fingerprint density at radius 3 is 1.79 bits per heavy atom. The Morgan fingerprint density at radius 1 is 0.714 bits per heavy atom. The number of hydrogen-bond acceptors (Lipinski definition) is 2. The lowest BCUT2D eigenvalue weighted by atomic mass is 10.0. The Labute approximate surface area is 175 Å². The molecule has 0 saturated heterocycles. The lowest BCUT2D eigenvalue weighted by molar-refractivity contribution is 0.233. The van der Waals surface area contributed by atoms with Gasteiger partial charge in [0, 0.05) is 24.1 Å². The Bertz CT molecular complexity index is 522. The molecule has 1 heterocycles. The molecule has 0 spiro atoms. The molecule has 28 heavy (non-hydrogen) atoms. The molecule has 0 radical (unpaired) electrons. The zero-order valence-corrected chi connectivity index (χ0v) is 18.8. The minimum atomic E-state index is 0.477. The zero-order chi connectivity index (χ0) is 20.0. The van der Waals surface area contributed by atoms with Crippen LogP contribution < -0.4 is 4.90 Å². The SMILES string of the molecule is CCCCCCCCCCCCCCC1N(c2ccccc2)C=CN1C(C)C. The van der Waals surface area contributed by atoms with Crippen molar-refractivity contribution in [3.63, 3.8) is 0 Å². The van der Waals surface area contributed by atoms with Crippen molar-refractivity contribution >= 4 is 5.69 Å². The molecule has 1 unspecified atom stereocenters. The van der Waals surface area contributed by atoms with Crippen molar-refractivity contribution in [2.24, 2.45) is 0 Å². The van der Waals surface area contributed by atoms with E-state index in [0.29, 0.717) is 12.2 Å². The molecule has 158 valence electrons. The van der Waals surface area contributed by atoms with E-state index in [1.54, 1.807) is 0 Å². The van der Waals surface area contributed by atoms with Gasteiger partial charge < -0.3 is 9.80 Å². The molecule has 0 saturated carbocycles. The fourth-order valence-electron chi connectivity index (χ4n) is 4.32. The molecule has 2 heteroatoms. The Kier molecular flexibility index (Phi) is 11.2. The van der Waals surface area contributed by atoms with E-state index in [1.807, 2.05) is 0 Å². The van der Waals surface area contributed by atoms with Gasteiger partial charge in [-0.25, -0.2) is 0 Å². The fourth-order valence-corrected chi connectivity index (χ4v) is 4.32. The third-order valence-electron chi connectivity index (χ3n) is 6.03. The van der Waals surface area contributed by atoms with E-state index in [1.165, 1.54) is 89.2 Å². The van der Waals surface area contributed by atoms with Crippen molar-refractivity contribution in [1.82, 2.24) is 4.90 Å². The van der Waals surface area contributed by atoms with E-state index < -0.39 is 0 Å². The van der Waals surface area contributed by atoms with E-state index in [-0.39, 0.29) is 0 Å². The van der Waals surface area contributed by atoms with Crippen LogP contribution in [0.15, 0.2) is 42.7 Å². The first-order chi connectivity index (χ1) is 13.7. The van der Waals surface area contributed by atoms with Crippen LogP contribution in [0.25, 0.3) is 0 Å². The summed E-state index contributed by atoms with van der Waals surface area (Å²) in [6.07, 6.45) is 23.3. The highest BCUT2D eigenvalue weighted by atomic mass is 15.4. The number of unbranched alkanes of at least 4 members (excludes halogenated alkanes) is 11. The standard InChI is InChI=1S/C26H44N2/c1-4-5-6-7-8-9-10-11-12-13-14-18-21-26-27(24(2)3)22-23-28(26)25-19-16-15-17-20-25/h15-17,19-20,22-24,26H,4-14,18,21H2,1-3H3. The van der Waals surface area contributed by atoms with Crippen LogP contribution in [0.2, 0.25) is 0 Å². The Hall–Kier alpha value is -1.44. The number of anilines is 1. The van der Waals surface area contributed by atoms with Gasteiger partial charge in [-0.3, -0.25) is 0 Å².